The number of halogens is 4. The highest BCUT2D eigenvalue weighted by atomic mass is 35.5. The third kappa shape index (κ3) is 5.91. The molecule has 1 heterocycles. The van der Waals surface area contributed by atoms with Crippen LogP contribution in [0, 0.1) is 11.6 Å². The Kier molecular flexibility index (Phi) is 9.06. The lowest BCUT2D eigenvalue weighted by Gasteiger charge is -2.35. The van der Waals surface area contributed by atoms with Crippen LogP contribution in [0.25, 0.3) is 0 Å². The van der Waals surface area contributed by atoms with Crippen LogP contribution in [0.5, 0.6) is 0 Å². The molecule has 0 amide bonds. The molecule has 1 aliphatic heterocycles. The van der Waals surface area contributed by atoms with Crippen LogP contribution in [-0.2, 0) is 0 Å². The summed E-state index contributed by atoms with van der Waals surface area (Å²) in [5.41, 5.74) is 1.72. The van der Waals surface area contributed by atoms with Gasteiger partial charge in [-0.05, 0) is 31.0 Å². The Hall–Kier alpha value is -0.680. The van der Waals surface area contributed by atoms with E-state index in [4.69, 9.17) is 0 Å². The molecule has 120 valence electrons. The predicted molar refractivity (Wildman–Crippen MR) is 87.5 cm³/mol. The van der Waals surface area contributed by atoms with Gasteiger partial charge in [0.05, 0.1) is 0 Å². The number of nitrogens with one attached hydrogen (secondary N) is 1. The van der Waals surface area contributed by atoms with Crippen LogP contribution < -0.4 is 5.32 Å². The topological polar surface area (TPSA) is 15.3 Å². The molecule has 0 spiro atoms. The van der Waals surface area contributed by atoms with E-state index in [9.17, 15) is 8.78 Å². The molecule has 1 aromatic rings. The molecular weight excluding hydrogens is 317 g/mol. The monoisotopic (exact) mass is 338 g/mol. The van der Waals surface area contributed by atoms with Crippen LogP contribution in [0.4, 0.5) is 8.78 Å². The maximum Gasteiger partial charge on any atom is 0.126 e. The predicted octanol–water partition coefficient (Wildman–Crippen LogP) is 3.72. The molecule has 0 bridgehead atoms. The Morgan fingerprint density at radius 1 is 1.19 bits per heavy atom. The number of piperazine rings is 1. The summed E-state index contributed by atoms with van der Waals surface area (Å²) < 4.78 is 26.8. The molecule has 1 fully saturated rings. The first-order valence-electron chi connectivity index (χ1n) is 6.61. The van der Waals surface area contributed by atoms with E-state index < -0.39 is 11.6 Å². The highest BCUT2D eigenvalue weighted by Crippen LogP contribution is 2.28. The zero-order valence-corrected chi connectivity index (χ0v) is 13.7. The molecule has 6 heteroatoms. The summed E-state index contributed by atoms with van der Waals surface area (Å²) in [5, 5.41) is 3.28. The van der Waals surface area contributed by atoms with E-state index in [1.807, 2.05) is 6.92 Å². The summed E-state index contributed by atoms with van der Waals surface area (Å²) in [6.07, 6.45) is 0.725. The minimum atomic E-state index is -0.517. The van der Waals surface area contributed by atoms with Crippen molar-refractivity contribution in [2.75, 3.05) is 26.2 Å². The maximum absolute atomic E-state index is 13.4. The third-order valence-electron chi connectivity index (χ3n) is 3.40. The molecular formula is C15H22Cl2F2N2. The minimum Gasteiger partial charge on any atom is -0.314 e. The van der Waals surface area contributed by atoms with E-state index in [0.29, 0.717) is 5.56 Å². The molecule has 21 heavy (non-hydrogen) atoms. The fourth-order valence-electron chi connectivity index (χ4n) is 2.55. The van der Waals surface area contributed by atoms with Gasteiger partial charge in [-0.2, -0.15) is 0 Å². The van der Waals surface area contributed by atoms with Gasteiger partial charge in [0.1, 0.15) is 11.6 Å². The lowest BCUT2D eigenvalue weighted by atomic mass is 9.97. The normalized spacial score (nSPS) is 16.5. The Balaban J connectivity index is 0.00000200. The zero-order valence-electron chi connectivity index (χ0n) is 12.1. The summed E-state index contributed by atoms with van der Waals surface area (Å²) in [6.45, 7) is 9.46. The van der Waals surface area contributed by atoms with Crippen LogP contribution in [0.2, 0.25) is 0 Å². The molecule has 0 radical (unpaired) electrons. The van der Waals surface area contributed by atoms with Crippen LogP contribution >= 0.6 is 24.8 Å². The molecule has 0 saturated carbocycles. The second kappa shape index (κ2) is 9.36. The summed E-state index contributed by atoms with van der Waals surface area (Å²) >= 11 is 0. The van der Waals surface area contributed by atoms with Crippen LogP contribution in [0.15, 0.2) is 30.4 Å². The largest absolute Gasteiger partial charge is 0.314 e. The van der Waals surface area contributed by atoms with Crippen molar-refractivity contribution in [1.82, 2.24) is 10.2 Å². The lowest BCUT2D eigenvalue weighted by Crippen LogP contribution is -2.45. The van der Waals surface area contributed by atoms with Gasteiger partial charge < -0.3 is 5.32 Å². The number of rotatable bonds is 4. The summed E-state index contributed by atoms with van der Waals surface area (Å²) in [7, 11) is 0. The van der Waals surface area contributed by atoms with Crippen molar-refractivity contribution >= 4 is 24.8 Å². The number of hydrogen-bond donors (Lipinski definition) is 1. The third-order valence-corrected chi connectivity index (χ3v) is 3.40. The van der Waals surface area contributed by atoms with E-state index in [0.717, 1.165) is 44.2 Å². The Morgan fingerprint density at radius 3 is 2.19 bits per heavy atom. The molecule has 1 atom stereocenters. The van der Waals surface area contributed by atoms with Gasteiger partial charge >= 0.3 is 0 Å². The van der Waals surface area contributed by atoms with Gasteiger partial charge in [0.2, 0.25) is 0 Å². The van der Waals surface area contributed by atoms with Crippen LogP contribution in [0.1, 0.15) is 24.9 Å². The fraction of sp³-hybridized carbons (Fsp3) is 0.467. The van der Waals surface area contributed by atoms with E-state index in [1.165, 1.54) is 12.1 Å². The Labute approximate surface area is 137 Å². The van der Waals surface area contributed by atoms with Crippen molar-refractivity contribution in [2.45, 2.75) is 19.4 Å². The molecule has 2 rings (SSSR count). The molecule has 0 aliphatic carbocycles. The van der Waals surface area contributed by atoms with Gasteiger partial charge in [0.25, 0.3) is 0 Å². The Morgan fingerprint density at radius 2 is 1.71 bits per heavy atom. The number of hydrogen-bond acceptors (Lipinski definition) is 2. The van der Waals surface area contributed by atoms with E-state index in [2.05, 4.69) is 16.8 Å². The van der Waals surface area contributed by atoms with E-state index >= 15 is 0 Å². The molecule has 1 N–H and O–H groups in total. The molecule has 1 aromatic carbocycles. The van der Waals surface area contributed by atoms with Crippen molar-refractivity contribution in [1.29, 1.82) is 0 Å². The van der Waals surface area contributed by atoms with E-state index in [-0.39, 0.29) is 30.9 Å². The number of nitrogens with zero attached hydrogens (tertiary/aromatic N) is 1. The van der Waals surface area contributed by atoms with Gasteiger partial charge in [0.15, 0.2) is 0 Å². The fourth-order valence-corrected chi connectivity index (χ4v) is 2.55. The summed E-state index contributed by atoms with van der Waals surface area (Å²) in [4.78, 5) is 2.26. The molecule has 0 unspecified atom stereocenters. The van der Waals surface area contributed by atoms with Gasteiger partial charge in [-0.3, -0.25) is 4.90 Å². The maximum atomic E-state index is 13.4. The van der Waals surface area contributed by atoms with Gasteiger partial charge in [0, 0.05) is 38.3 Å². The second-order valence-electron chi connectivity index (χ2n) is 5.17. The molecule has 1 saturated heterocycles. The van der Waals surface area contributed by atoms with Crippen molar-refractivity contribution in [3.8, 4) is 0 Å². The van der Waals surface area contributed by atoms with E-state index in [1.54, 1.807) is 0 Å². The Bertz CT molecular complexity index is 443. The first-order chi connectivity index (χ1) is 9.06. The van der Waals surface area contributed by atoms with Crippen LogP contribution in [-0.4, -0.2) is 31.1 Å². The zero-order chi connectivity index (χ0) is 13.8. The SMILES string of the molecule is C=C(C)C[C@H](c1cc(F)cc(F)c1)N1CCNCC1.Cl.Cl. The first-order valence-corrected chi connectivity index (χ1v) is 6.61. The molecule has 2 nitrogen and oxygen atoms in total. The smallest absolute Gasteiger partial charge is 0.126 e. The van der Waals surface area contributed by atoms with Crippen molar-refractivity contribution in [3.63, 3.8) is 0 Å². The standard InChI is InChI=1S/C15H20F2N2.2ClH/c1-11(2)7-15(19-5-3-18-4-6-19)12-8-13(16)10-14(17)9-12;;/h8-10,15,18H,1,3-7H2,2H3;2*1H/t15-;;/m1../s1. The highest BCUT2D eigenvalue weighted by Gasteiger charge is 2.23. The summed E-state index contributed by atoms with van der Waals surface area (Å²) in [5.74, 6) is -1.03. The average Bonchev–Trinajstić information content (AvgIpc) is 2.35. The van der Waals surface area contributed by atoms with Crippen LogP contribution in [0.3, 0.4) is 0 Å². The summed E-state index contributed by atoms with van der Waals surface area (Å²) in [6, 6.07) is 3.78. The van der Waals surface area contributed by atoms with Gasteiger partial charge in [-0.25, -0.2) is 8.78 Å². The van der Waals surface area contributed by atoms with Crippen molar-refractivity contribution in [2.24, 2.45) is 0 Å². The quantitative estimate of drug-likeness (QED) is 0.841. The second-order valence-corrected chi connectivity index (χ2v) is 5.17. The highest BCUT2D eigenvalue weighted by molar-refractivity contribution is 5.85. The minimum absolute atomic E-state index is 0. The molecule has 0 aromatic heterocycles. The van der Waals surface area contributed by atoms with Crippen molar-refractivity contribution < 1.29 is 8.78 Å². The van der Waals surface area contributed by atoms with Gasteiger partial charge in [-0.1, -0.05) is 5.57 Å². The lowest BCUT2D eigenvalue weighted by molar-refractivity contribution is 0.172. The number of benzene rings is 1. The molecule has 1 aliphatic rings. The van der Waals surface area contributed by atoms with Crippen molar-refractivity contribution in [3.05, 3.63) is 47.5 Å². The first kappa shape index (κ1) is 20.3. The average molecular weight is 339 g/mol. The van der Waals surface area contributed by atoms with Gasteiger partial charge in [-0.15, -0.1) is 31.4 Å².